The van der Waals surface area contributed by atoms with Gasteiger partial charge >= 0.3 is 0 Å². The highest BCUT2D eigenvalue weighted by atomic mass is 35.5. The van der Waals surface area contributed by atoms with Gasteiger partial charge in [0, 0.05) is 44.8 Å². The molecule has 1 aliphatic rings. The number of rotatable bonds is 1. The Balaban J connectivity index is 0.00000120. The van der Waals surface area contributed by atoms with E-state index >= 15 is 0 Å². The quantitative estimate of drug-likeness (QED) is 0.798. The number of anilines is 1. The van der Waals surface area contributed by atoms with Gasteiger partial charge in [-0.25, -0.2) is 9.97 Å². The van der Waals surface area contributed by atoms with E-state index in [1.54, 1.807) is 12.4 Å². The summed E-state index contributed by atoms with van der Waals surface area (Å²) in [5.41, 5.74) is 0.874. The molecular weight excluding hydrogens is 273 g/mol. The van der Waals surface area contributed by atoms with Crippen LogP contribution in [-0.2, 0) is 0 Å². The van der Waals surface area contributed by atoms with Gasteiger partial charge in [0.05, 0.1) is 0 Å². The number of likely N-dealkylation sites (N-methyl/N-ethyl adjacent to an activating group) is 1. The number of hydrogen-bond donors (Lipinski definition) is 0. The van der Waals surface area contributed by atoms with E-state index < -0.39 is 0 Å². The summed E-state index contributed by atoms with van der Waals surface area (Å²) >= 11 is 6.03. The second-order valence-corrected chi connectivity index (χ2v) is 4.72. The third kappa shape index (κ3) is 2.39. The van der Waals surface area contributed by atoms with E-state index in [1.807, 2.05) is 10.6 Å². The Labute approximate surface area is 117 Å². The molecule has 5 nitrogen and oxygen atoms in total. The first-order valence-electron chi connectivity index (χ1n) is 5.67. The molecule has 1 fully saturated rings. The molecule has 0 N–H and O–H groups in total. The van der Waals surface area contributed by atoms with Crippen molar-refractivity contribution in [1.29, 1.82) is 0 Å². The summed E-state index contributed by atoms with van der Waals surface area (Å²) in [7, 11) is 2.13. The summed E-state index contributed by atoms with van der Waals surface area (Å²) in [4.78, 5) is 13.3. The van der Waals surface area contributed by atoms with Crippen molar-refractivity contribution in [3.05, 3.63) is 23.7 Å². The Bertz CT molecular complexity index is 533. The van der Waals surface area contributed by atoms with Gasteiger partial charge in [-0.2, -0.15) is 0 Å². The van der Waals surface area contributed by atoms with Crippen molar-refractivity contribution in [3.8, 4) is 0 Å². The molecule has 0 amide bonds. The molecule has 1 aliphatic heterocycles. The first kappa shape index (κ1) is 13.4. The van der Waals surface area contributed by atoms with Crippen LogP contribution in [-0.4, -0.2) is 52.5 Å². The lowest BCUT2D eigenvalue weighted by Crippen LogP contribution is -2.45. The highest BCUT2D eigenvalue weighted by molar-refractivity contribution is 6.29. The minimum atomic E-state index is 0. The van der Waals surface area contributed by atoms with Gasteiger partial charge < -0.3 is 14.2 Å². The zero-order valence-corrected chi connectivity index (χ0v) is 11.7. The smallest absolute Gasteiger partial charge is 0.180 e. The van der Waals surface area contributed by atoms with Crippen LogP contribution in [0.25, 0.3) is 5.65 Å². The van der Waals surface area contributed by atoms with Crippen LogP contribution in [0.2, 0.25) is 5.15 Å². The minimum Gasteiger partial charge on any atom is -0.351 e. The first-order valence-corrected chi connectivity index (χ1v) is 6.04. The molecule has 0 saturated carbocycles. The summed E-state index contributed by atoms with van der Waals surface area (Å²) in [6.07, 6.45) is 5.44. The summed E-state index contributed by atoms with van der Waals surface area (Å²) < 4.78 is 1.92. The molecule has 3 rings (SSSR count). The van der Waals surface area contributed by atoms with Gasteiger partial charge in [-0.05, 0) is 7.05 Å². The third-order valence-corrected chi connectivity index (χ3v) is 3.31. The zero-order chi connectivity index (χ0) is 11.8. The molecule has 18 heavy (non-hydrogen) atoms. The fraction of sp³-hybridized carbons (Fsp3) is 0.455. The van der Waals surface area contributed by atoms with Crippen LogP contribution >= 0.6 is 24.0 Å². The number of nitrogens with zero attached hydrogens (tertiary/aromatic N) is 5. The van der Waals surface area contributed by atoms with Crippen molar-refractivity contribution in [2.45, 2.75) is 0 Å². The number of aromatic nitrogens is 3. The summed E-state index contributed by atoms with van der Waals surface area (Å²) in [5, 5.41) is 0.504. The standard InChI is InChI=1S/C11H14ClN5.ClH/c1-15-4-6-16(7-5-15)11-10-13-2-3-17(10)8-9(12)14-11;/h2-3,8H,4-7H2,1H3;1H. The van der Waals surface area contributed by atoms with Crippen LogP contribution < -0.4 is 4.90 Å². The molecule has 2 aromatic heterocycles. The third-order valence-electron chi connectivity index (χ3n) is 3.13. The van der Waals surface area contributed by atoms with Crippen molar-refractivity contribution in [2.75, 3.05) is 38.1 Å². The highest BCUT2D eigenvalue weighted by Gasteiger charge is 2.19. The topological polar surface area (TPSA) is 36.7 Å². The lowest BCUT2D eigenvalue weighted by atomic mass is 10.3. The van der Waals surface area contributed by atoms with Crippen molar-refractivity contribution in [2.24, 2.45) is 0 Å². The van der Waals surface area contributed by atoms with Crippen LogP contribution in [0.4, 0.5) is 5.82 Å². The summed E-state index contributed by atoms with van der Waals surface area (Å²) in [5.74, 6) is 0.885. The molecule has 3 heterocycles. The zero-order valence-electron chi connectivity index (χ0n) is 10.1. The number of fused-ring (bicyclic) bond motifs is 1. The van der Waals surface area contributed by atoms with E-state index in [0.717, 1.165) is 37.6 Å². The van der Waals surface area contributed by atoms with E-state index in [9.17, 15) is 0 Å². The average Bonchev–Trinajstić information content (AvgIpc) is 2.77. The maximum Gasteiger partial charge on any atom is 0.180 e. The predicted octanol–water partition coefficient (Wildman–Crippen LogP) is 1.56. The Morgan fingerprint density at radius 1 is 1.22 bits per heavy atom. The monoisotopic (exact) mass is 287 g/mol. The van der Waals surface area contributed by atoms with Gasteiger partial charge in [0.2, 0.25) is 0 Å². The van der Waals surface area contributed by atoms with E-state index in [2.05, 4.69) is 26.8 Å². The highest BCUT2D eigenvalue weighted by Crippen LogP contribution is 2.21. The van der Waals surface area contributed by atoms with E-state index in [4.69, 9.17) is 11.6 Å². The summed E-state index contributed by atoms with van der Waals surface area (Å²) in [6, 6.07) is 0. The second kappa shape index (κ2) is 5.30. The van der Waals surface area contributed by atoms with Gasteiger partial charge in [0.25, 0.3) is 0 Å². The molecule has 0 aliphatic carbocycles. The maximum atomic E-state index is 6.03. The molecule has 7 heteroatoms. The minimum absolute atomic E-state index is 0. The lowest BCUT2D eigenvalue weighted by Gasteiger charge is -2.33. The number of piperazine rings is 1. The molecule has 0 bridgehead atoms. The predicted molar refractivity (Wildman–Crippen MR) is 75.0 cm³/mol. The van der Waals surface area contributed by atoms with Gasteiger partial charge in [-0.3, -0.25) is 0 Å². The van der Waals surface area contributed by atoms with E-state index in [0.29, 0.717) is 5.15 Å². The number of halogens is 2. The molecule has 0 radical (unpaired) electrons. The molecule has 2 aromatic rings. The van der Waals surface area contributed by atoms with Crippen molar-refractivity contribution in [3.63, 3.8) is 0 Å². The largest absolute Gasteiger partial charge is 0.351 e. The fourth-order valence-corrected chi connectivity index (χ4v) is 2.30. The number of hydrogen-bond acceptors (Lipinski definition) is 4. The van der Waals surface area contributed by atoms with Crippen LogP contribution in [0.1, 0.15) is 0 Å². The van der Waals surface area contributed by atoms with Crippen LogP contribution in [0, 0.1) is 0 Å². The van der Waals surface area contributed by atoms with Crippen LogP contribution in [0.5, 0.6) is 0 Å². The van der Waals surface area contributed by atoms with Gasteiger partial charge in [0.15, 0.2) is 11.5 Å². The van der Waals surface area contributed by atoms with E-state index in [-0.39, 0.29) is 12.4 Å². The molecular formula is C11H15Cl2N5. The Morgan fingerprint density at radius 2 is 1.94 bits per heavy atom. The Hall–Kier alpha value is -1.04. The Kier molecular flexibility index (Phi) is 3.94. The van der Waals surface area contributed by atoms with E-state index in [1.165, 1.54) is 0 Å². The van der Waals surface area contributed by atoms with Crippen molar-refractivity contribution in [1.82, 2.24) is 19.3 Å². The van der Waals surface area contributed by atoms with Gasteiger partial charge in [-0.15, -0.1) is 12.4 Å². The maximum absolute atomic E-state index is 6.03. The molecule has 0 aromatic carbocycles. The van der Waals surface area contributed by atoms with Crippen LogP contribution in [0.15, 0.2) is 18.6 Å². The normalized spacial score (nSPS) is 16.9. The molecule has 0 atom stereocenters. The van der Waals surface area contributed by atoms with Crippen molar-refractivity contribution < 1.29 is 0 Å². The van der Waals surface area contributed by atoms with Crippen molar-refractivity contribution >= 4 is 35.5 Å². The summed E-state index contributed by atoms with van der Waals surface area (Å²) in [6.45, 7) is 4.01. The Morgan fingerprint density at radius 3 is 2.67 bits per heavy atom. The molecule has 0 unspecified atom stereocenters. The second-order valence-electron chi connectivity index (χ2n) is 4.34. The van der Waals surface area contributed by atoms with Gasteiger partial charge in [0.1, 0.15) is 5.15 Å². The number of imidazole rings is 1. The fourth-order valence-electron chi connectivity index (χ4n) is 2.12. The average molecular weight is 288 g/mol. The molecule has 0 spiro atoms. The van der Waals surface area contributed by atoms with Gasteiger partial charge in [-0.1, -0.05) is 11.6 Å². The first-order chi connectivity index (χ1) is 8.24. The SMILES string of the molecule is CN1CCN(c2nc(Cl)cn3ccnc23)CC1.Cl. The lowest BCUT2D eigenvalue weighted by molar-refractivity contribution is 0.312. The molecule has 1 saturated heterocycles. The molecule has 98 valence electrons. The van der Waals surface area contributed by atoms with Crippen LogP contribution in [0.3, 0.4) is 0 Å².